The van der Waals surface area contributed by atoms with Gasteiger partial charge in [0.2, 0.25) is 0 Å². The topological polar surface area (TPSA) is 35.6 Å². The Morgan fingerprint density at radius 2 is 1.84 bits per heavy atom. The molecule has 1 heterocycles. The quantitative estimate of drug-likeness (QED) is 0.886. The van der Waals surface area contributed by atoms with Crippen molar-refractivity contribution in [1.29, 1.82) is 0 Å². The largest absolute Gasteiger partial charge is 0.322 e. The molecule has 5 heteroatoms. The lowest BCUT2D eigenvalue weighted by atomic mass is 10.0. The molecule has 1 atom stereocenters. The normalized spacial score (nSPS) is 21.2. The van der Waals surface area contributed by atoms with E-state index in [4.69, 9.17) is 11.6 Å². The SMILES string of the molecule is O=C(Nc1cccc(Cl)c1)N1CCN(C2CC2)CC1c1ccccc1. The van der Waals surface area contributed by atoms with Crippen LogP contribution in [0.3, 0.4) is 0 Å². The van der Waals surface area contributed by atoms with Gasteiger partial charge in [-0.25, -0.2) is 4.79 Å². The molecule has 25 heavy (non-hydrogen) atoms. The maximum absolute atomic E-state index is 12.9. The van der Waals surface area contributed by atoms with Gasteiger partial charge in [0.25, 0.3) is 0 Å². The molecule has 2 fully saturated rings. The third kappa shape index (κ3) is 3.80. The van der Waals surface area contributed by atoms with Crippen LogP contribution in [0.4, 0.5) is 10.5 Å². The number of amides is 2. The number of anilines is 1. The van der Waals surface area contributed by atoms with Gasteiger partial charge in [0, 0.05) is 36.4 Å². The summed E-state index contributed by atoms with van der Waals surface area (Å²) in [6.45, 7) is 2.58. The van der Waals surface area contributed by atoms with Gasteiger partial charge < -0.3 is 10.2 Å². The van der Waals surface area contributed by atoms with Gasteiger partial charge in [0.15, 0.2) is 0 Å². The fraction of sp³-hybridized carbons (Fsp3) is 0.350. The van der Waals surface area contributed by atoms with E-state index in [0.29, 0.717) is 11.1 Å². The van der Waals surface area contributed by atoms with E-state index >= 15 is 0 Å². The minimum Gasteiger partial charge on any atom is -0.315 e. The van der Waals surface area contributed by atoms with Crippen molar-refractivity contribution in [3.8, 4) is 0 Å². The van der Waals surface area contributed by atoms with E-state index in [1.807, 2.05) is 35.2 Å². The zero-order valence-corrected chi connectivity index (χ0v) is 14.8. The summed E-state index contributed by atoms with van der Waals surface area (Å²) in [5, 5.41) is 3.62. The van der Waals surface area contributed by atoms with Crippen molar-refractivity contribution in [3.63, 3.8) is 0 Å². The molecule has 1 aliphatic heterocycles. The van der Waals surface area contributed by atoms with E-state index in [2.05, 4.69) is 22.3 Å². The van der Waals surface area contributed by atoms with Gasteiger partial charge in [-0.05, 0) is 36.6 Å². The van der Waals surface area contributed by atoms with Crippen molar-refractivity contribution in [2.45, 2.75) is 24.9 Å². The zero-order valence-electron chi connectivity index (χ0n) is 14.1. The van der Waals surface area contributed by atoms with E-state index in [1.54, 1.807) is 12.1 Å². The fourth-order valence-corrected chi connectivity index (χ4v) is 3.73. The first-order chi connectivity index (χ1) is 12.2. The van der Waals surface area contributed by atoms with Gasteiger partial charge >= 0.3 is 6.03 Å². The van der Waals surface area contributed by atoms with Crippen molar-refractivity contribution in [2.75, 3.05) is 25.0 Å². The molecule has 1 aliphatic carbocycles. The Bertz CT molecular complexity index is 748. The number of urea groups is 1. The van der Waals surface area contributed by atoms with Crippen LogP contribution in [0.2, 0.25) is 5.02 Å². The molecule has 4 nitrogen and oxygen atoms in total. The van der Waals surface area contributed by atoms with Gasteiger partial charge in [-0.2, -0.15) is 0 Å². The summed E-state index contributed by atoms with van der Waals surface area (Å²) < 4.78 is 0. The lowest BCUT2D eigenvalue weighted by Crippen LogP contribution is -2.52. The summed E-state index contributed by atoms with van der Waals surface area (Å²) in [6.07, 6.45) is 2.58. The zero-order chi connectivity index (χ0) is 17.2. The van der Waals surface area contributed by atoms with E-state index in [-0.39, 0.29) is 12.1 Å². The lowest BCUT2D eigenvalue weighted by molar-refractivity contribution is 0.0954. The van der Waals surface area contributed by atoms with Crippen molar-refractivity contribution in [2.24, 2.45) is 0 Å². The summed E-state index contributed by atoms with van der Waals surface area (Å²) in [5.74, 6) is 0. The minimum absolute atomic E-state index is 0.0634. The molecule has 2 amide bonds. The molecule has 1 unspecified atom stereocenters. The monoisotopic (exact) mass is 355 g/mol. The molecular formula is C20H22ClN3O. The highest BCUT2D eigenvalue weighted by Crippen LogP contribution is 2.33. The van der Waals surface area contributed by atoms with Crippen molar-refractivity contribution < 1.29 is 4.79 Å². The Balaban J connectivity index is 1.54. The van der Waals surface area contributed by atoms with E-state index < -0.39 is 0 Å². The molecule has 2 aromatic carbocycles. The van der Waals surface area contributed by atoms with Gasteiger partial charge in [0.05, 0.1) is 6.04 Å². The number of hydrogen-bond acceptors (Lipinski definition) is 2. The predicted octanol–water partition coefficient (Wildman–Crippen LogP) is 4.39. The Hall–Kier alpha value is -2.04. The number of piperazine rings is 1. The lowest BCUT2D eigenvalue weighted by Gasteiger charge is -2.41. The number of nitrogens with zero attached hydrogens (tertiary/aromatic N) is 2. The Morgan fingerprint density at radius 1 is 1.04 bits per heavy atom. The Labute approximate surface area is 153 Å². The van der Waals surface area contributed by atoms with Crippen LogP contribution < -0.4 is 5.32 Å². The summed E-state index contributed by atoms with van der Waals surface area (Å²) >= 11 is 6.03. The van der Waals surface area contributed by atoms with Gasteiger partial charge in [-0.3, -0.25) is 4.90 Å². The molecule has 0 spiro atoms. The van der Waals surface area contributed by atoms with Crippen LogP contribution in [0.15, 0.2) is 54.6 Å². The molecule has 0 radical (unpaired) electrons. The number of hydrogen-bond donors (Lipinski definition) is 1. The first-order valence-corrected chi connectivity index (χ1v) is 9.21. The first-order valence-electron chi connectivity index (χ1n) is 8.83. The van der Waals surface area contributed by atoms with Gasteiger partial charge in [-0.1, -0.05) is 48.0 Å². The second kappa shape index (κ2) is 7.06. The minimum atomic E-state index is -0.0634. The van der Waals surface area contributed by atoms with Gasteiger partial charge in [-0.15, -0.1) is 0 Å². The molecule has 1 saturated heterocycles. The molecule has 2 aliphatic rings. The average molecular weight is 356 g/mol. The van der Waals surface area contributed by atoms with Crippen LogP contribution in [0.25, 0.3) is 0 Å². The van der Waals surface area contributed by atoms with Crippen LogP contribution in [0, 0.1) is 0 Å². The maximum Gasteiger partial charge on any atom is 0.322 e. The van der Waals surface area contributed by atoms with Crippen molar-refractivity contribution in [3.05, 3.63) is 65.2 Å². The van der Waals surface area contributed by atoms with E-state index in [1.165, 1.54) is 18.4 Å². The number of carbonyl (C=O) groups is 1. The maximum atomic E-state index is 12.9. The second-order valence-electron chi connectivity index (χ2n) is 6.79. The molecule has 1 N–H and O–H groups in total. The highest BCUT2D eigenvalue weighted by Gasteiger charge is 2.37. The summed E-state index contributed by atoms with van der Waals surface area (Å²) in [4.78, 5) is 17.4. The third-order valence-electron chi connectivity index (χ3n) is 5.00. The molecule has 130 valence electrons. The number of carbonyl (C=O) groups excluding carboxylic acids is 1. The Kier molecular flexibility index (Phi) is 4.64. The number of benzene rings is 2. The molecule has 4 rings (SSSR count). The molecular weight excluding hydrogens is 334 g/mol. The fourth-order valence-electron chi connectivity index (χ4n) is 3.54. The predicted molar refractivity (Wildman–Crippen MR) is 101 cm³/mol. The van der Waals surface area contributed by atoms with Crippen molar-refractivity contribution in [1.82, 2.24) is 9.80 Å². The molecule has 0 bridgehead atoms. The highest BCUT2D eigenvalue weighted by atomic mass is 35.5. The molecule has 1 saturated carbocycles. The standard InChI is InChI=1S/C20H22ClN3O/c21-16-7-4-8-17(13-16)22-20(25)24-12-11-23(18-9-10-18)14-19(24)15-5-2-1-3-6-15/h1-8,13,18-19H,9-12,14H2,(H,22,25). The van der Waals surface area contributed by atoms with Crippen LogP contribution in [-0.4, -0.2) is 41.5 Å². The van der Waals surface area contributed by atoms with E-state index in [9.17, 15) is 4.79 Å². The highest BCUT2D eigenvalue weighted by molar-refractivity contribution is 6.30. The summed E-state index contributed by atoms with van der Waals surface area (Å²) in [5.41, 5.74) is 1.92. The third-order valence-corrected chi connectivity index (χ3v) is 5.23. The smallest absolute Gasteiger partial charge is 0.315 e. The summed E-state index contributed by atoms with van der Waals surface area (Å²) in [7, 11) is 0. The summed E-state index contributed by atoms with van der Waals surface area (Å²) in [6, 6.07) is 18.3. The van der Waals surface area contributed by atoms with Crippen LogP contribution in [0.1, 0.15) is 24.4 Å². The molecule has 2 aromatic rings. The average Bonchev–Trinajstić information content (AvgIpc) is 3.47. The van der Waals surface area contributed by atoms with Crippen molar-refractivity contribution >= 4 is 23.3 Å². The van der Waals surface area contributed by atoms with Crippen LogP contribution >= 0.6 is 11.6 Å². The number of rotatable bonds is 3. The van der Waals surface area contributed by atoms with E-state index in [0.717, 1.165) is 25.3 Å². The van der Waals surface area contributed by atoms with Gasteiger partial charge in [0.1, 0.15) is 0 Å². The Morgan fingerprint density at radius 3 is 2.56 bits per heavy atom. The number of nitrogens with one attached hydrogen (secondary N) is 1. The number of halogens is 1. The van der Waals surface area contributed by atoms with Crippen LogP contribution in [-0.2, 0) is 0 Å². The first kappa shape index (κ1) is 16.4. The second-order valence-corrected chi connectivity index (χ2v) is 7.22. The van der Waals surface area contributed by atoms with Crippen LogP contribution in [0.5, 0.6) is 0 Å². The molecule has 0 aromatic heterocycles.